The fourth-order valence-corrected chi connectivity index (χ4v) is 2.46. The van der Waals surface area contributed by atoms with Gasteiger partial charge in [-0.3, -0.25) is 0 Å². The quantitative estimate of drug-likeness (QED) is 0.819. The number of imidazole rings is 1. The first-order chi connectivity index (χ1) is 9.24. The molecule has 1 aromatic heterocycles. The molecule has 2 aromatic rings. The molecule has 0 amide bonds. The zero-order valence-electron chi connectivity index (χ0n) is 11.8. The normalized spacial score (nSPS) is 12.6. The number of aromatic nitrogens is 2. The van der Waals surface area contributed by atoms with Crippen molar-refractivity contribution >= 4 is 11.8 Å². The second-order valence-corrected chi connectivity index (χ2v) is 5.38. The Morgan fingerprint density at radius 3 is 2.68 bits per heavy atom. The average Bonchev–Trinajstić information content (AvgIpc) is 2.92. The van der Waals surface area contributed by atoms with Crippen molar-refractivity contribution < 1.29 is 0 Å². The highest BCUT2D eigenvalue weighted by Crippen LogP contribution is 2.19. The Morgan fingerprint density at radius 2 is 2.05 bits per heavy atom. The lowest BCUT2D eigenvalue weighted by molar-refractivity contribution is 0.540. The summed E-state index contributed by atoms with van der Waals surface area (Å²) in [6.07, 6.45) is 5.98. The van der Waals surface area contributed by atoms with Crippen molar-refractivity contribution in [1.82, 2.24) is 14.9 Å². The summed E-state index contributed by atoms with van der Waals surface area (Å²) >= 11 is 1.77. The summed E-state index contributed by atoms with van der Waals surface area (Å²) in [5.41, 5.74) is 1.31. The first kappa shape index (κ1) is 14.2. The van der Waals surface area contributed by atoms with Gasteiger partial charge < -0.3 is 9.88 Å². The van der Waals surface area contributed by atoms with Crippen molar-refractivity contribution in [1.29, 1.82) is 0 Å². The van der Waals surface area contributed by atoms with Gasteiger partial charge in [0, 0.05) is 29.9 Å². The molecule has 0 aliphatic heterocycles. The Balaban J connectivity index is 1.95. The molecule has 1 atom stereocenters. The van der Waals surface area contributed by atoms with E-state index in [1.165, 1.54) is 10.5 Å². The average molecular weight is 275 g/mol. The lowest BCUT2D eigenvalue weighted by atomic mass is 10.1. The number of hydrogen-bond acceptors (Lipinski definition) is 3. The van der Waals surface area contributed by atoms with Gasteiger partial charge in [0.25, 0.3) is 0 Å². The summed E-state index contributed by atoms with van der Waals surface area (Å²) in [5.74, 6) is 1.09. The predicted molar refractivity (Wildman–Crippen MR) is 81.4 cm³/mol. The van der Waals surface area contributed by atoms with E-state index in [0.29, 0.717) is 6.04 Å². The molecule has 0 aliphatic carbocycles. The van der Waals surface area contributed by atoms with Crippen molar-refractivity contribution in [2.45, 2.75) is 37.9 Å². The molecular formula is C15H21N3S. The van der Waals surface area contributed by atoms with Crippen LogP contribution in [0.2, 0.25) is 0 Å². The van der Waals surface area contributed by atoms with E-state index >= 15 is 0 Å². The largest absolute Gasteiger partial charge is 0.334 e. The Kier molecular flexibility index (Phi) is 5.05. The predicted octanol–water partition coefficient (Wildman–Crippen LogP) is 3.48. The molecule has 4 heteroatoms. The van der Waals surface area contributed by atoms with Gasteiger partial charge in [-0.1, -0.05) is 12.1 Å². The molecule has 0 radical (unpaired) electrons. The van der Waals surface area contributed by atoms with Crippen LogP contribution in [0.1, 0.15) is 31.3 Å². The standard InChI is InChI=1S/C15H21N3S/c1-4-18-10-9-16-15(18)11-17-12(2)13-5-7-14(19-3)8-6-13/h5-10,12,17H,4,11H2,1-3H3. The van der Waals surface area contributed by atoms with Crippen molar-refractivity contribution in [2.24, 2.45) is 0 Å². The van der Waals surface area contributed by atoms with Gasteiger partial charge >= 0.3 is 0 Å². The van der Waals surface area contributed by atoms with E-state index in [1.54, 1.807) is 11.8 Å². The van der Waals surface area contributed by atoms with Crippen molar-refractivity contribution in [3.63, 3.8) is 0 Å². The molecule has 102 valence electrons. The van der Waals surface area contributed by atoms with Gasteiger partial charge in [-0.2, -0.15) is 0 Å². The van der Waals surface area contributed by atoms with Crippen LogP contribution in [0.25, 0.3) is 0 Å². The highest BCUT2D eigenvalue weighted by atomic mass is 32.2. The maximum absolute atomic E-state index is 4.38. The first-order valence-electron chi connectivity index (χ1n) is 6.62. The zero-order valence-corrected chi connectivity index (χ0v) is 12.6. The maximum Gasteiger partial charge on any atom is 0.122 e. The molecule has 0 saturated carbocycles. The van der Waals surface area contributed by atoms with Crippen molar-refractivity contribution in [3.8, 4) is 0 Å². The maximum atomic E-state index is 4.38. The van der Waals surface area contributed by atoms with Crippen LogP contribution in [0.3, 0.4) is 0 Å². The Morgan fingerprint density at radius 1 is 1.32 bits per heavy atom. The van der Waals surface area contributed by atoms with E-state index in [1.807, 2.05) is 12.4 Å². The third-order valence-electron chi connectivity index (χ3n) is 3.32. The summed E-state index contributed by atoms with van der Waals surface area (Å²) in [5, 5.41) is 3.52. The van der Waals surface area contributed by atoms with Crippen molar-refractivity contribution in [2.75, 3.05) is 6.26 Å². The van der Waals surface area contributed by atoms with Crippen LogP contribution < -0.4 is 5.32 Å². The molecule has 1 N–H and O–H groups in total. The molecule has 0 aliphatic rings. The van der Waals surface area contributed by atoms with Crippen LogP contribution >= 0.6 is 11.8 Å². The third kappa shape index (κ3) is 3.61. The fourth-order valence-electron chi connectivity index (χ4n) is 2.05. The van der Waals surface area contributed by atoms with Gasteiger partial charge in [0.2, 0.25) is 0 Å². The van der Waals surface area contributed by atoms with Gasteiger partial charge in [0.1, 0.15) is 5.82 Å². The molecule has 0 saturated heterocycles. The molecule has 0 spiro atoms. The van der Waals surface area contributed by atoms with Crippen LogP contribution in [0.15, 0.2) is 41.6 Å². The van der Waals surface area contributed by atoms with Gasteiger partial charge in [-0.25, -0.2) is 4.98 Å². The lowest BCUT2D eigenvalue weighted by Gasteiger charge is -2.15. The molecule has 3 nitrogen and oxygen atoms in total. The number of aryl methyl sites for hydroxylation is 1. The second-order valence-electron chi connectivity index (χ2n) is 4.51. The van der Waals surface area contributed by atoms with Crippen LogP contribution in [-0.4, -0.2) is 15.8 Å². The number of hydrogen-bond donors (Lipinski definition) is 1. The number of nitrogens with one attached hydrogen (secondary N) is 1. The zero-order chi connectivity index (χ0) is 13.7. The van der Waals surface area contributed by atoms with Gasteiger partial charge in [-0.05, 0) is 37.8 Å². The summed E-state index contributed by atoms with van der Waals surface area (Å²) in [4.78, 5) is 5.68. The molecular weight excluding hydrogens is 254 g/mol. The Hall–Kier alpha value is -1.26. The molecule has 1 unspecified atom stereocenters. The van der Waals surface area contributed by atoms with Gasteiger partial charge in [-0.15, -0.1) is 11.8 Å². The van der Waals surface area contributed by atoms with E-state index in [4.69, 9.17) is 0 Å². The monoisotopic (exact) mass is 275 g/mol. The number of nitrogens with zero attached hydrogens (tertiary/aromatic N) is 2. The highest BCUT2D eigenvalue weighted by molar-refractivity contribution is 7.98. The third-order valence-corrected chi connectivity index (χ3v) is 4.07. The van der Waals surface area contributed by atoms with Crippen LogP contribution in [0, 0.1) is 0 Å². The second kappa shape index (κ2) is 6.78. The van der Waals surface area contributed by atoms with Crippen molar-refractivity contribution in [3.05, 3.63) is 48.0 Å². The van der Waals surface area contributed by atoms with E-state index in [9.17, 15) is 0 Å². The Labute approximate surface area is 119 Å². The lowest BCUT2D eigenvalue weighted by Crippen LogP contribution is -2.20. The smallest absolute Gasteiger partial charge is 0.122 e. The molecule has 1 aromatic carbocycles. The molecule has 1 heterocycles. The molecule has 0 fully saturated rings. The summed E-state index contributed by atoms with van der Waals surface area (Å²) in [6.45, 7) is 6.09. The number of rotatable bonds is 6. The van der Waals surface area contributed by atoms with Crippen LogP contribution in [0.4, 0.5) is 0 Å². The number of benzene rings is 1. The fraction of sp³-hybridized carbons (Fsp3) is 0.400. The summed E-state index contributed by atoms with van der Waals surface area (Å²) in [7, 11) is 0. The summed E-state index contributed by atoms with van der Waals surface area (Å²) < 4.78 is 2.16. The van der Waals surface area contributed by atoms with E-state index in [2.05, 4.69) is 59.2 Å². The highest BCUT2D eigenvalue weighted by Gasteiger charge is 2.07. The van der Waals surface area contributed by atoms with Crippen LogP contribution in [-0.2, 0) is 13.1 Å². The Bertz CT molecular complexity index is 504. The molecule has 0 bridgehead atoms. The summed E-state index contributed by atoms with van der Waals surface area (Å²) in [6, 6.07) is 9.06. The topological polar surface area (TPSA) is 29.9 Å². The molecule has 2 rings (SSSR count). The first-order valence-corrected chi connectivity index (χ1v) is 7.84. The minimum absolute atomic E-state index is 0.331. The SMILES string of the molecule is CCn1ccnc1CNC(C)c1ccc(SC)cc1. The minimum Gasteiger partial charge on any atom is -0.334 e. The van der Waals surface area contributed by atoms with E-state index in [-0.39, 0.29) is 0 Å². The van der Waals surface area contributed by atoms with E-state index < -0.39 is 0 Å². The minimum atomic E-state index is 0.331. The van der Waals surface area contributed by atoms with Gasteiger partial charge in [0.15, 0.2) is 0 Å². The van der Waals surface area contributed by atoms with Crippen LogP contribution in [0.5, 0.6) is 0 Å². The van der Waals surface area contributed by atoms with E-state index in [0.717, 1.165) is 18.9 Å². The number of thioether (sulfide) groups is 1. The van der Waals surface area contributed by atoms with Gasteiger partial charge in [0.05, 0.1) is 6.54 Å². The molecule has 19 heavy (non-hydrogen) atoms.